The van der Waals surface area contributed by atoms with Gasteiger partial charge >= 0.3 is 0 Å². The topological polar surface area (TPSA) is 58.9 Å². The Morgan fingerprint density at radius 1 is 1.07 bits per heavy atom. The van der Waals surface area contributed by atoms with E-state index >= 15 is 0 Å². The highest BCUT2D eigenvalue weighted by Gasteiger charge is 2.10. The standard InChI is InChI=1S/C10H15O4/c11-5-7-13-9-1-2-10(4-3-9)14-8-6-12/h1-3,11-12H,4-8H2. The number of hydrogen-bond donors (Lipinski definition) is 2. The zero-order valence-electron chi connectivity index (χ0n) is 7.98. The lowest BCUT2D eigenvalue weighted by Crippen LogP contribution is -2.08. The summed E-state index contributed by atoms with van der Waals surface area (Å²) in [5.74, 6) is 0.746. The Morgan fingerprint density at radius 3 is 2.36 bits per heavy atom. The average molecular weight is 199 g/mol. The molecule has 1 aliphatic rings. The monoisotopic (exact) mass is 199 g/mol. The highest BCUT2D eigenvalue weighted by Crippen LogP contribution is 2.19. The molecule has 0 saturated heterocycles. The van der Waals surface area contributed by atoms with Crippen LogP contribution in [0.1, 0.15) is 6.42 Å². The quantitative estimate of drug-likeness (QED) is 0.649. The third kappa shape index (κ3) is 3.91. The van der Waals surface area contributed by atoms with Crippen molar-refractivity contribution in [2.45, 2.75) is 6.42 Å². The second-order valence-corrected chi connectivity index (χ2v) is 2.75. The van der Waals surface area contributed by atoms with E-state index in [0.717, 1.165) is 11.9 Å². The van der Waals surface area contributed by atoms with E-state index in [1.807, 2.05) is 12.2 Å². The van der Waals surface area contributed by atoms with Crippen molar-refractivity contribution in [2.24, 2.45) is 0 Å². The van der Waals surface area contributed by atoms with Gasteiger partial charge in [-0.15, -0.1) is 0 Å². The molecule has 0 amide bonds. The lowest BCUT2D eigenvalue weighted by Gasteiger charge is -2.15. The normalized spacial score (nSPS) is 16.9. The van der Waals surface area contributed by atoms with Crippen molar-refractivity contribution in [3.63, 3.8) is 0 Å². The van der Waals surface area contributed by atoms with Gasteiger partial charge in [0.1, 0.15) is 18.5 Å². The Morgan fingerprint density at radius 2 is 1.79 bits per heavy atom. The number of hydrogen-bond acceptors (Lipinski definition) is 4. The van der Waals surface area contributed by atoms with Crippen molar-refractivity contribution in [1.82, 2.24) is 0 Å². The Balaban J connectivity index is 2.22. The summed E-state index contributed by atoms with van der Waals surface area (Å²) in [5.41, 5.74) is 0. The van der Waals surface area contributed by atoms with E-state index in [1.54, 1.807) is 6.08 Å². The number of rotatable bonds is 6. The van der Waals surface area contributed by atoms with Crippen LogP contribution in [-0.4, -0.2) is 36.6 Å². The number of ether oxygens (including phenoxy) is 2. The molecule has 0 aliphatic heterocycles. The number of aliphatic hydroxyl groups is 2. The van der Waals surface area contributed by atoms with Crippen LogP contribution in [0.25, 0.3) is 0 Å². The van der Waals surface area contributed by atoms with Crippen molar-refractivity contribution in [2.75, 3.05) is 26.4 Å². The molecule has 0 saturated carbocycles. The molecule has 14 heavy (non-hydrogen) atoms. The molecular weight excluding hydrogens is 184 g/mol. The van der Waals surface area contributed by atoms with Crippen molar-refractivity contribution in [1.29, 1.82) is 0 Å². The van der Waals surface area contributed by atoms with Crippen LogP contribution in [0.3, 0.4) is 0 Å². The van der Waals surface area contributed by atoms with Gasteiger partial charge < -0.3 is 19.7 Å². The van der Waals surface area contributed by atoms with E-state index in [2.05, 4.69) is 0 Å². The molecule has 1 aliphatic carbocycles. The molecule has 1 rings (SSSR count). The van der Waals surface area contributed by atoms with Crippen LogP contribution in [-0.2, 0) is 9.47 Å². The molecule has 0 aromatic carbocycles. The molecule has 0 spiro atoms. The molecule has 0 unspecified atom stereocenters. The first-order valence-electron chi connectivity index (χ1n) is 4.58. The fourth-order valence-electron chi connectivity index (χ4n) is 1.07. The number of allylic oxidation sites excluding steroid dienone is 1. The molecule has 0 atom stereocenters. The van der Waals surface area contributed by atoms with Crippen LogP contribution < -0.4 is 0 Å². The maximum atomic E-state index is 8.53. The fourth-order valence-corrected chi connectivity index (χ4v) is 1.07. The lowest BCUT2D eigenvalue weighted by molar-refractivity contribution is 0.109. The predicted octanol–water partition coefficient (Wildman–Crippen LogP) is 0.380. The Hall–Kier alpha value is -0.840. The summed E-state index contributed by atoms with van der Waals surface area (Å²) < 4.78 is 10.4. The van der Waals surface area contributed by atoms with Gasteiger partial charge in [-0.1, -0.05) is 0 Å². The summed E-state index contributed by atoms with van der Waals surface area (Å²) in [4.78, 5) is 0. The molecule has 0 aromatic heterocycles. The summed E-state index contributed by atoms with van der Waals surface area (Å²) >= 11 is 0. The highest BCUT2D eigenvalue weighted by atomic mass is 16.5. The number of aliphatic hydroxyl groups excluding tert-OH is 2. The Bertz CT molecular complexity index is 210. The zero-order valence-corrected chi connectivity index (χ0v) is 7.98. The van der Waals surface area contributed by atoms with Gasteiger partial charge in [0.2, 0.25) is 0 Å². The molecular formula is C10H15O4. The third-order valence-electron chi connectivity index (χ3n) is 1.68. The van der Waals surface area contributed by atoms with E-state index in [0.29, 0.717) is 19.6 Å². The summed E-state index contributed by atoms with van der Waals surface area (Å²) in [5, 5.41) is 17.1. The summed E-state index contributed by atoms with van der Waals surface area (Å²) in [7, 11) is 0. The molecule has 2 N–H and O–H groups in total. The summed E-state index contributed by atoms with van der Waals surface area (Å²) in [6, 6.07) is 0. The van der Waals surface area contributed by atoms with Gasteiger partial charge in [0.05, 0.1) is 19.8 Å². The van der Waals surface area contributed by atoms with E-state index in [-0.39, 0.29) is 13.2 Å². The Kier molecular flexibility index (Phi) is 5.29. The van der Waals surface area contributed by atoms with Gasteiger partial charge in [0.25, 0.3) is 0 Å². The minimum absolute atomic E-state index is 0.0166. The van der Waals surface area contributed by atoms with E-state index < -0.39 is 0 Å². The smallest absolute Gasteiger partial charge is 0.123 e. The molecule has 0 aromatic rings. The molecule has 0 bridgehead atoms. The van der Waals surface area contributed by atoms with Crippen LogP contribution in [0.2, 0.25) is 0 Å². The van der Waals surface area contributed by atoms with E-state index in [4.69, 9.17) is 19.7 Å². The van der Waals surface area contributed by atoms with Crippen LogP contribution in [0.4, 0.5) is 0 Å². The zero-order chi connectivity index (χ0) is 10.2. The van der Waals surface area contributed by atoms with Gasteiger partial charge in [-0.3, -0.25) is 0 Å². The van der Waals surface area contributed by atoms with Gasteiger partial charge in [-0.25, -0.2) is 0 Å². The maximum absolute atomic E-state index is 8.53. The molecule has 0 heterocycles. The molecule has 4 nitrogen and oxygen atoms in total. The molecule has 1 radical (unpaired) electrons. The first-order valence-corrected chi connectivity index (χ1v) is 4.58. The van der Waals surface area contributed by atoms with Crippen LogP contribution in [0.5, 0.6) is 0 Å². The van der Waals surface area contributed by atoms with Gasteiger partial charge in [-0.05, 0) is 18.2 Å². The fraction of sp³-hybridized carbons (Fsp3) is 0.500. The summed E-state index contributed by atoms with van der Waals surface area (Å²) in [6.45, 7) is 0.668. The largest absolute Gasteiger partial charge is 0.492 e. The van der Waals surface area contributed by atoms with Gasteiger partial charge in [-0.2, -0.15) is 0 Å². The average Bonchev–Trinajstić information content (AvgIpc) is 2.25. The minimum Gasteiger partial charge on any atom is -0.492 e. The van der Waals surface area contributed by atoms with Crippen LogP contribution >= 0.6 is 0 Å². The van der Waals surface area contributed by atoms with E-state index in [9.17, 15) is 0 Å². The van der Waals surface area contributed by atoms with Gasteiger partial charge in [0.15, 0.2) is 0 Å². The SMILES string of the molecule is OCCO[C]1C=CC(OCCO)=CC1. The van der Waals surface area contributed by atoms with Crippen LogP contribution in [0.15, 0.2) is 24.0 Å². The highest BCUT2D eigenvalue weighted by molar-refractivity contribution is 5.25. The molecule has 0 fully saturated rings. The van der Waals surface area contributed by atoms with E-state index in [1.165, 1.54) is 0 Å². The maximum Gasteiger partial charge on any atom is 0.123 e. The lowest BCUT2D eigenvalue weighted by atomic mass is 10.1. The van der Waals surface area contributed by atoms with Crippen molar-refractivity contribution in [3.8, 4) is 0 Å². The van der Waals surface area contributed by atoms with Crippen molar-refractivity contribution >= 4 is 0 Å². The predicted molar refractivity (Wildman–Crippen MR) is 51.2 cm³/mol. The van der Waals surface area contributed by atoms with Crippen molar-refractivity contribution < 1.29 is 19.7 Å². The first kappa shape index (κ1) is 11.2. The second-order valence-electron chi connectivity index (χ2n) is 2.75. The molecule has 79 valence electrons. The Labute approximate surface area is 83.5 Å². The summed E-state index contributed by atoms with van der Waals surface area (Å²) in [6.07, 6.45) is 6.95. The third-order valence-corrected chi connectivity index (χ3v) is 1.68. The first-order chi connectivity index (χ1) is 6.86. The second kappa shape index (κ2) is 6.59. The van der Waals surface area contributed by atoms with Gasteiger partial charge in [0, 0.05) is 6.42 Å². The minimum atomic E-state index is 0.0166. The van der Waals surface area contributed by atoms with Crippen LogP contribution in [0, 0.1) is 6.10 Å². The van der Waals surface area contributed by atoms with Crippen molar-refractivity contribution in [3.05, 3.63) is 30.1 Å². The molecule has 4 heteroatoms.